The maximum absolute atomic E-state index is 11.8. The average Bonchev–Trinajstić information content (AvgIpc) is 2.95. The lowest BCUT2D eigenvalue weighted by Crippen LogP contribution is -2.59. The minimum atomic E-state index is -1.31. The number of carbonyl (C=O) groups excluding carboxylic acids is 1. The Morgan fingerprint density at radius 1 is 0.730 bits per heavy atom. The zero-order chi connectivity index (χ0) is 25.9. The van der Waals surface area contributed by atoms with E-state index in [0.29, 0.717) is 0 Å². The van der Waals surface area contributed by atoms with E-state index in [0.717, 1.165) is 16.7 Å². The van der Waals surface area contributed by atoms with Crippen LogP contribution in [0.5, 0.6) is 0 Å². The Balaban J connectivity index is 1.60. The van der Waals surface area contributed by atoms with E-state index in [9.17, 15) is 9.90 Å². The van der Waals surface area contributed by atoms with E-state index >= 15 is 0 Å². The predicted octanol–water partition coefficient (Wildman–Crippen LogP) is 4.19. The van der Waals surface area contributed by atoms with E-state index in [4.69, 9.17) is 23.7 Å². The van der Waals surface area contributed by atoms with Crippen LogP contribution < -0.4 is 0 Å². The van der Waals surface area contributed by atoms with Crippen LogP contribution in [0.1, 0.15) is 16.7 Å². The van der Waals surface area contributed by atoms with E-state index in [1.54, 1.807) is 0 Å². The standard InChI is InChI=1S/C30H32O7/c1-33-26(31)18-17-25-27(34-19-22-11-5-2-6-12-22)28(35-20-23-13-7-3-8-14-23)29(30(32)37-25)36-21-24-15-9-4-10-16-24/h2-18,25,27-30,32H,19-21H2,1H3/b18-17+/t25-,27-,28+,29-,30?/m1/s1. The minimum Gasteiger partial charge on any atom is -0.466 e. The molecule has 3 aromatic carbocycles. The predicted molar refractivity (Wildman–Crippen MR) is 137 cm³/mol. The van der Waals surface area contributed by atoms with E-state index in [-0.39, 0.29) is 19.8 Å². The summed E-state index contributed by atoms with van der Waals surface area (Å²) in [6.07, 6.45) is -1.54. The second kappa shape index (κ2) is 13.8. The molecule has 0 amide bonds. The molecule has 1 N–H and O–H groups in total. The van der Waals surface area contributed by atoms with Crippen LogP contribution in [-0.4, -0.2) is 48.9 Å². The third-order valence-corrected chi connectivity index (χ3v) is 6.03. The van der Waals surface area contributed by atoms with Crippen LogP contribution in [0.15, 0.2) is 103 Å². The van der Waals surface area contributed by atoms with Gasteiger partial charge in [0.25, 0.3) is 0 Å². The molecule has 0 saturated carbocycles. The van der Waals surface area contributed by atoms with Crippen molar-refractivity contribution in [2.45, 2.75) is 50.5 Å². The fraction of sp³-hybridized carbons (Fsp3) is 0.300. The molecule has 0 bridgehead atoms. The Morgan fingerprint density at radius 2 is 1.16 bits per heavy atom. The molecule has 0 aliphatic carbocycles. The number of carbonyl (C=O) groups is 1. The molecule has 0 aromatic heterocycles. The van der Waals surface area contributed by atoms with Crippen molar-refractivity contribution in [1.29, 1.82) is 0 Å². The first kappa shape index (κ1) is 26.7. The minimum absolute atomic E-state index is 0.255. The van der Waals surface area contributed by atoms with E-state index < -0.39 is 36.7 Å². The lowest BCUT2D eigenvalue weighted by atomic mass is 9.97. The Hall–Kier alpha value is -3.33. The van der Waals surface area contributed by atoms with Crippen molar-refractivity contribution in [1.82, 2.24) is 0 Å². The first-order valence-electron chi connectivity index (χ1n) is 12.2. The van der Waals surface area contributed by atoms with E-state index in [1.807, 2.05) is 91.0 Å². The fourth-order valence-electron chi connectivity index (χ4n) is 4.10. The second-order valence-corrected chi connectivity index (χ2v) is 8.66. The molecule has 1 saturated heterocycles. The quantitative estimate of drug-likeness (QED) is 0.310. The number of hydrogen-bond acceptors (Lipinski definition) is 7. The number of aliphatic hydroxyl groups is 1. The number of benzene rings is 3. The number of methoxy groups -OCH3 is 1. The summed E-state index contributed by atoms with van der Waals surface area (Å²) in [7, 11) is 1.30. The molecule has 0 spiro atoms. The summed E-state index contributed by atoms with van der Waals surface area (Å²) in [6.45, 7) is 0.817. The van der Waals surface area contributed by atoms with Crippen LogP contribution in [0.4, 0.5) is 0 Å². The smallest absolute Gasteiger partial charge is 0.330 e. The molecule has 1 aliphatic rings. The lowest BCUT2D eigenvalue weighted by molar-refractivity contribution is -0.302. The summed E-state index contributed by atoms with van der Waals surface area (Å²) in [5, 5.41) is 11.0. The van der Waals surface area contributed by atoms with Crippen LogP contribution in [0, 0.1) is 0 Å². The first-order chi connectivity index (χ1) is 18.1. The number of esters is 1. The summed E-state index contributed by atoms with van der Waals surface area (Å²) in [4.78, 5) is 11.8. The van der Waals surface area contributed by atoms with Crippen LogP contribution >= 0.6 is 0 Å². The van der Waals surface area contributed by atoms with E-state index in [1.165, 1.54) is 19.3 Å². The van der Waals surface area contributed by atoms with Crippen molar-refractivity contribution in [2.24, 2.45) is 0 Å². The topological polar surface area (TPSA) is 83.5 Å². The van der Waals surface area contributed by atoms with E-state index in [2.05, 4.69) is 0 Å². The lowest BCUT2D eigenvalue weighted by Gasteiger charge is -2.43. The molecule has 7 heteroatoms. The van der Waals surface area contributed by atoms with Gasteiger partial charge in [0.15, 0.2) is 6.29 Å². The van der Waals surface area contributed by atoms with Crippen molar-refractivity contribution in [2.75, 3.05) is 7.11 Å². The monoisotopic (exact) mass is 504 g/mol. The van der Waals surface area contributed by atoms with Crippen molar-refractivity contribution in [3.63, 3.8) is 0 Å². The zero-order valence-corrected chi connectivity index (χ0v) is 20.7. The molecule has 1 unspecified atom stereocenters. The fourth-order valence-corrected chi connectivity index (χ4v) is 4.10. The molecule has 1 aliphatic heterocycles. The molecule has 5 atom stereocenters. The van der Waals surface area contributed by atoms with Gasteiger partial charge in [-0.05, 0) is 22.8 Å². The Kier molecular flexibility index (Phi) is 9.99. The Labute approximate surface area is 217 Å². The van der Waals surface area contributed by atoms with Crippen molar-refractivity contribution in [3.05, 3.63) is 120 Å². The van der Waals surface area contributed by atoms with Crippen LogP contribution in [0.2, 0.25) is 0 Å². The van der Waals surface area contributed by atoms with Crippen molar-refractivity contribution < 1.29 is 33.6 Å². The van der Waals surface area contributed by atoms with Crippen LogP contribution in [-0.2, 0) is 48.3 Å². The van der Waals surface area contributed by atoms with Gasteiger partial charge in [0.1, 0.15) is 24.4 Å². The molecule has 1 fully saturated rings. The molecule has 0 radical (unpaired) electrons. The Bertz CT molecular complexity index is 1100. The summed E-state index contributed by atoms with van der Waals surface area (Å²) >= 11 is 0. The molecule has 194 valence electrons. The molecule has 7 nitrogen and oxygen atoms in total. The molecule has 4 rings (SSSR count). The second-order valence-electron chi connectivity index (χ2n) is 8.66. The van der Waals surface area contributed by atoms with Gasteiger partial charge in [0, 0.05) is 6.08 Å². The SMILES string of the molecule is COC(=O)/C=C/[C@H]1OC(O)[C@H](OCc2ccccc2)[C@@H](OCc2ccccc2)[C@@H]1OCc1ccccc1. The highest BCUT2D eigenvalue weighted by atomic mass is 16.7. The van der Waals surface area contributed by atoms with Gasteiger partial charge in [0.2, 0.25) is 0 Å². The Morgan fingerprint density at radius 3 is 1.62 bits per heavy atom. The van der Waals surface area contributed by atoms with Gasteiger partial charge >= 0.3 is 5.97 Å². The summed E-state index contributed by atoms with van der Waals surface area (Å²) in [6, 6.07) is 29.1. The number of rotatable bonds is 11. The van der Waals surface area contributed by atoms with Gasteiger partial charge in [-0.15, -0.1) is 0 Å². The maximum atomic E-state index is 11.8. The molecule has 1 heterocycles. The largest absolute Gasteiger partial charge is 0.466 e. The number of hydrogen-bond donors (Lipinski definition) is 1. The van der Waals surface area contributed by atoms with Gasteiger partial charge in [-0.25, -0.2) is 4.79 Å². The summed E-state index contributed by atoms with van der Waals surface area (Å²) < 4.78 is 29.5. The van der Waals surface area contributed by atoms with Crippen molar-refractivity contribution in [3.8, 4) is 0 Å². The van der Waals surface area contributed by atoms with Crippen LogP contribution in [0.25, 0.3) is 0 Å². The molecule has 37 heavy (non-hydrogen) atoms. The summed E-state index contributed by atoms with van der Waals surface area (Å²) in [5.41, 5.74) is 2.88. The number of aliphatic hydroxyl groups excluding tert-OH is 1. The van der Waals surface area contributed by atoms with Gasteiger partial charge < -0.3 is 28.8 Å². The third kappa shape index (κ3) is 7.82. The highest BCUT2D eigenvalue weighted by Crippen LogP contribution is 2.30. The molecular formula is C30H32O7. The highest BCUT2D eigenvalue weighted by molar-refractivity contribution is 5.81. The average molecular weight is 505 g/mol. The first-order valence-corrected chi connectivity index (χ1v) is 12.2. The highest BCUT2D eigenvalue weighted by Gasteiger charge is 2.47. The summed E-state index contributed by atoms with van der Waals surface area (Å²) in [5.74, 6) is -0.538. The zero-order valence-electron chi connectivity index (χ0n) is 20.7. The van der Waals surface area contributed by atoms with Gasteiger partial charge in [0.05, 0.1) is 26.9 Å². The van der Waals surface area contributed by atoms with Gasteiger partial charge in [-0.3, -0.25) is 0 Å². The normalized spacial score (nSPS) is 23.7. The van der Waals surface area contributed by atoms with Gasteiger partial charge in [-0.2, -0.15) is 0 Å². The molecule has 3 aromatic rings. The van der Waals surface area contributed by atoms with Crippen molar-refractivity contribution >= 4 is 5.97 Å². The maximum Gasteiger partial charge on any atom is 0.330 e. The van der Waals surface area contributed by atoms with Gasteiger partial charge in [-0.1, -0.05) is 91.0 Å². The number of ether oxygens (including phenoxy) is 5. The molecular weight excluding hydrogens is 472 g/mol. The third-order valence-electron chi connectivity index (χ3n) is 6.03. The van der Waals surface area contributed by atoms with Crippen LogP contribution in [0.3, 0.4) is 0 Å².